The number of hydrogen-bond donors (Lipinski definition) is 0. The van der Waals surface area contributed by atoms with Crippen molar-refractivity contribution in [3.05, 3.63) is 28.8 Å². The Morgan fingerprint density at radius 1 is 1.58 bits per heavy atom. The Kier molecular flexibility index (Phi) is 4.44. The average Bonchev–Trinajstić information content (AvgIpc) is 2.35. The average molecular weight is 278 g/mol. The highest BCUT2D eigenvalue weighted by atomic mass is 35.5. The summed E-state index contributed by atoms with van der Waals surface area (Å²) in [5.74, 6) is 0.174. The van der Waals surface area contributed by atoms with Gasteiger partial charge in [-0.1, -0.05) is 30.9 Å². The molecule has 0 bridgehead atoms. The lowest BCUT2D eigenvalue weighted by molar-refractivity contribution is -0.120. The number of rotatable bonds is 5. The number of nitriles is 1. The Morgan fingerprint density at radius 2 is 2.32 bits per heavy atom. The Morgan fingerprint density at radius 3 is 2.84 bits per heavy atom. The summed E-state index contributed by atoms with van der Waals surface area (Å²) in [5, 5.41) is 9.80. The van der Waals surface area contributed by atoms with Crippen molar-refractivity contribution in [2.75, 3.05) is 7.11 Å². The number of hydrogen-bond acceptors (Lipinski definition) is 3. The highest BCUT2D eigenvalue weighted by molar-refractivity contribution is 6.30. The molecule has 0 aromatic heterocycles. The van der Waals surface area contributed by atoms with Crippen LogP contribution in [0.25, 0.3) is 0 Å². The van der Waals surface area contributed by atoms with E-state index in [1.807, 2.05) is 0 Å². The number of ether oxygens (including phenoxy) is 1. The second kappa shape index (κ2) is 6.08. The van der Waals surface area contributed by atoms with Crippen LogP contribution in [0.5, 0.6) is 5.75 Å². The predicted molar refractivity (Wildman–Crippen MR) is 73.3 cm³/mol. The van der Waals surface area contributed by atoms with E-state index in [-0.39, 0.29) is 5.78 Å². The molecule has 0 spiro atoms. The fourth-order valence-corrected chi connectivity index (χ4v) is 2.53. The summed E-state index contributed by atoms with van der Waals surface area (Å²) in [6.07, 6.45) is 3.86. The molecule has 0 amide bonds. The van der Waals surface area contributed by atoms with Gasteiger partial charge in [-0.25, -0.2) is 0 Å². The molecule has 19 heavy (non-hydrogen) atoms. The van der Waals surface area contributed by atoms with Gasteiger partial charge in [0.25, 0.3) is 0 Å². The van der Waals surface area contributed by atoms with E-state index >= 15 is 0 Å². The van der Waals surface area contributed by atoms with Crippen LogP contribution in [0.15, 0.2) is 18.2 Å². The van der Waals surface area contributed by atoms with E-state index in [9.17, 15) is 10.1 Å². The molecule has 100 valence electrons. The molecule has 1 atom stereocenters. The molecule has 4 heteroatoms. The van der Waals surface area contributed by atoms with E-state index in [1.54, 1.807) is 18.2 Å². The van der Waals surface area contributed by atoms with Crippen molar-refractivity contribution in [2.45, 2.75) is 31.6 Å². The molecule has 0 radical (unpaired) electrons. The molecule has 1 aromatic rings. The summed E-state index contributed by atoms with van der Waals surface area (Å²) in [6.45, 7) is 0. The van der Waals surface area contributed by atoms with Crippen LogP contribution < -0.4 is 4.74 Å². The first-order valence-electron chi connectivity index (χ1n) is 6.41. The number of halogens is 1. The minimum atomic E-state index is -0.783. The van der Waals surface area contributed by atoms with Gasteiger partial charge >= 0.3 is 0 Å². The molecule has 1 saturated carbocycles. The van der Waals surface area contributed by atoms with Gasteiger partial charge in [0.05, 0.1) is 13.2 Å². The van der Waals surface area contributed by atoms with Crippen LogP contribution >= 0.6 is 11.6 Å². The van der Waals surface area contributed by atoms with Gasteiger partial charge < -0.3 is 4.74 Å². The second-order valence-corrected chi connectivity index (χ2v) is 5.35. The van der Waals surface area contributed by atoms with Gasteiger partial charge in [-0.2, -0.15) is 5.26 Å². The highest BCUT2D eigenvalue weighted by Crippen LogP contribution is 2.35. The first kappa shape index (κ1) is 13.9. The summed E-state index contributed by atoms with van der Waals surface area (Å²) >= 11 is 5.95. The highest BCUT2D eigenvalue weighted by Gasteiger charge is 2.28. The fraction of sp³-hybridized carbons (Fsp3) is 0.467. The Balaban J connectivity index is 2.23. The van der Waals surface area contributed by atoms with E-state index in [2.05, 4.69) is 6.07 Å². The van der Waals surface area contributed by atoms with E-state index in [0.717, 1.165) is 12.8 Å². The van der Waals surface area contributed by atoms with Crippen LogP contribution in [0.4, 0.5) is 0 Å². The lowest BCUT2D eigenvalue weighted by Gasteiger charge is -2.25. The summed E-state index contributed by atoms with van der Waals surface area (Å²) in [5.41, 5.74) is 0.571. The molecule has 2 rings (SSSR count). The maximum absolute atomic E-state index is 12.2. The molecule has 0 N–H and O–H groups in total. The van der Waals surface area contributed by atoms with Crippen LogP contribution in [0.1, 0.15) is 37.2 Å². The zero-order valence-electron chi connectivity index (χ0n) is 10.9. The topological polar surface area (TPSA) is 50.1 Å². The van der Waals surface area contributed by atoms with Crippen LogP contribution in [-0.4, -0.2) is 12.9 Å². The number of ketones is 1. The quantitative estimate of drug-likeness (QED) is 0.824. The molecule has 3 nitrogen and oxygen atoms in total. The summed E-state index contributed by atoms with van der Waals surface area (Å²) in [4.78, 5) is 12.2. The Labute approximate surface area is 118 Å². The van der Waals surface area contributed by atoms with E-state index in [0.29, 0.717) is 28.7 Å². The maximum atomic E-state index is 12.2. The second-order valence-electron chi connectivity index (χ2n) is 4.92. The van der Waals surface area contributed by atoms with Gasteiger partial charge in [0.15, 0.2) is 5.78 Å². The Hall–Kier alpha value is -1.53. The van der Waals surface area contributed by atoms with E-state index in [1.165, 1.54) is 13.5 Å². The molecule has 1 fully saturated rings. The molecule has 0 saturated heterocycles. The van der Waals surface area contributed by atoms with Crippen LogP contribution in [0.2, 0.25) is 5.02 Å². The number of benzene rings is 1. The maximum Gasteiger partial charge on any atom is 0.154 e. The lowest BCUT2D eigenvalue weighted by Crippen LogP contribution is -2.20. The van der Waals surface area contributed by atoms with Crippen molar-refractivity contribution in [3.8, 4) is 11.8 Å². The van der Waals surface area contributed by atoms with Crippen LogP contribution in [0.3, 0.4) is 0 Å². The van der Waals surface area contributed by atoms with Crippen molar-refractivity contribution < 1.29 is 9.53 Å². The number of carbonyl (C=O) groups excluding carboxylic acids is 1. The zero-order chi connectivity index (χ0) is 13.8. The van der Waals surface area contributed by atoms with E-state index < -0.39 is 5.92 Å². The van der Waals surface area contributed by atoms with Crippen molar-refractivity contribution in [2.24, 2.45) is 5.92 Å². The normalized spacial score (nSPS) is 16.3. The van der Waals surface area contributed by atoms with Crippen molar-refractivity contribution in [3.63, 3.8) is 0 Å². The van der Waals surface area contributed by atoms with E-state index in [4.69, 9.17) is 16.3 Å². The minimum absolute atomic E-state index is 0.0345. The molecular formula is C15H16ClNO2. The van der Waals surface area contributed by atoms with Gasteiger partial charge in [0.2, 0.25) is 0 Å². The molecule has 1 aliphatic rings. The molecule has 0 aliphatic heterocycles. The third-order valence-electron chi connectivity index (χ3n) is 3.67. The first-order chi connectivity index (χ1) is 9.15. The predicted octanol–water partition coefficient (Wildman–Crippen LogP) is 3.72. The van der Waals surface area contributed by atoms with Gasteiger partial charge in [-0.3, -0.25) is 4.79 Å². The molecule has 1 aliphatic carbocycles. The number of methoxy groups -OCH3 is 1. The van der Waals surface area contributed by atoms with Crippen LogP contribution in [-0.2, 0) is 4.79 Å². The summed E-state index contributed by atoms with van der Waals surface area (Å²) < 4.78 is 5.22. The number of carbonyl (C=O) groups is 1. The van der Waals surface area contributed by atoms with Gasteiger partial charge in [-0.15, -0.1) is 0 Å². The van der Waals surface area contributed by atoms with Crippen molar-refractivity contribution in [1.82, 2.24) is 0 Å². The molecule has 0 heterocycles. The lowest BCUT2D eigenvalue weighted by atomic mass is 9.79. The monoisotopic (exact) mass is 277 g/mol. The number of Topliss-reactive ketones (excluding diaryl/α,β-unsaturated/α-hetero) is 1. The molecule has 1 aromatic carbocycles. The summed E-state index contributed by atoms with van der Waals surface area (Å²) in [6, 6.07) is 7.11. The van der Waals surface area contributed by atoms with Gasteiger partial charge in [-0.05, 0) is 24.1 Å². The SMILES string of the molecule is COc1ccc(Cl)cc1C(C#N)C(=O)CC1CCC1. The molecular weight excluding hydrogens is 262 g/mol. The zero-order valence-corrected chi connectivity index (χ0v) is 11.6. The number of nitrogens with zero attached hydrogens (tertiary/aromatic N) is 1. The van der Waals surface area contributed by atoms with Crippen LogP contribution in [0, 0.1) is 17.2 Å². The van der Waals surface area contributed by atoms with Gasteiger partial charge in [0, 0.05) is 17.0 Å². The fourth-order valence-electron chi connectivity index (χ4n) is 2.35. The third-order valence-corrected chi connectivity index (χ3v) is 3.90. The third kappa shape index (κ3) is 3.08. The summed E-state index contributed by atoms with van der Waals surface area (Å²) in [7, 11) is 1.53. The Bertz CT molecular complexity index is 517. The largest absolute Gasteiger partial charge is 0.496 e. The van der Waals surface area contributed by atoms with Gasteiger partial charge in [0.1, 0.15) is 11.7 Å². The smallest absolute Gasteiger partial charge is 0.154 e. The first-order valence-corrected chi connectivity index (χ1v) is 6.79. The minimum Gasteiger partial charge on any atom is -0.496 e. The van der Waals surface area contributed by atoms with Crippen molar-refractivity contribution >= 4 is 17.4 Å². The molecule has 1 unspecified atom stereocenters. The standard InChI is InChI=1S/C15H16ClNO2/c1-19-15-6-5-11(16)8-12(15)13(9-17)14(18)7-10-3-2-4-10/h5-6,8,10,13H,2-4,7H2,1H3. The van der Waals surface area contributed by atoms with Crippen molar-refractivity contribution in [1.29, 1.82) is 5.26 Å².